The summed E-state index contributed by atoms with van der Waals surface area (Å²) >= 11 is 0. The summed E-state index contributed by atoms with van der Waals surface area (Å²) < 4.78 is 31.0. The fraction of sp³-hybridized carbons (Fsp3) is 0.812. The van der Waals surface area contributed by atoms with E-state index in [0.29, 0.717) is 6.42 Å². The maximum Gasteiger partial charge on any atom is 0.265 e. The molecule has 0 aliphatic heterocycles. The normalized spacial score (nSPS) is 12.8. The van der Waals surface area contributed by atoms with Crippen LogP contribution in [0.15, 0.2) is 12.7 Å². The maximum absolute atomic E-state index is 11.1. The first-order valence-corrected chi connectivity index (χ1v) is 9.85. The monoisotopic (exact) mass is 333 g/mol. The van der Waals surface area contributed by atoms with Crippen molar-refractivity contribution in [3.8, 4) is 0 Å². The summed E-state index contributed by atoms with van der Waals surface area (Å²) in [7, 11) is -4.01. The first-order chi connectivity index (χ1) is 10.4. The van der Waals surface area contributed by atoms with E-state index in [1.165, 1.54) is 32.1 Å². The molecule has 5 nitrogen and oxygen atoms in total. The minimum atomic E-state index is -4.01. The lowest BCUT2D eigenvalue weighted by Crippen LogP contribution is -2.31. The van der Waals surface area contributed by atoms with Crippen LogP contribution >= 0.6 is 0 Å². The molecular weight excluding hydrogens is 302 g/mol. The average molecular weight is 333 g/mol. The van der Waals surface area contributed by atoms with Gasteiger partial charge in [0.1, 0.15) is 0 Å². The SMILES string of the molecule is C=CC(=O)NCC(CCCCCCCCCC)CS(=O)(=O)O. The molecule has 0 rings (SSSR count). The van der Waals surface area contributed by atoms with Crippen LogP contribution in [0.4, 0.5) is 0 Å². The minimum absolute atomic E-state index is 0.251. The van der Waals surface area contributed by atoms with Gasteiger partial charge in [0, 0.05) is 6.54 Å². The largest absolute Gasteiger partial charge is 0.352 e. The van der Waals surface area contributed by atoms with Crippen molar-refractivity contribution in [2.75, 3.05) is 12.3 Å². The molecule has 2 N–H and O–H groups in total. The van der Waals surface area contributed by atoms with Crippen molar-refractivity contribution >= 4 is 16.0 Å². The summed E-state index contributed by atoms with van der Waals surface area (Å²) in [5.41, 5.74) is 0. The van der Waals surface area contributed by atoms with E-state index in [0.717, 1.165) is 25.3 Å². The van der Waals surface area contributed by atoms with Gasteiger partial charge in [0.15, 0.2) is 0 Å². The highest BCUT2D eigenvalue weighted by atomic mass is 32.2. The lowest BCUT2D eigenvalue weighted by Gasteiger charge is -2.15. The Labute approximate surface area is 135 Å². The summed E-state index contributed by atoms with van der Waals surface area (Å²) in [5, 5.41) is 2.60. The van der Waals surface area contributed by atoms with Crippen LogP contribution in [0.5, 0.6) is 0 Å². The van der Waals surface area contributed by atoms with Gasteiger partial charge in [-0.15, -0.1) is 0 Å². The van der Waals surface area contributed by atoms with Gasteiger partial charge in [0.25, 0.3) is 10.1 Å². The van der Waals surface area contributed by atoms with E-state index in [1.807, 2.05) is 0 Å². The van der Waals surface area contributed by atoms with Crippen molar-refractivity contribution in [1.29, 1.82) is 0 Å². The maximum atomic E-state index is 11.1. The smallest absolute Gasteiger partial charge is 0.265 e. The number of amides is 1. The number of carbonyl (C=O) groups excluding carboxylic acids is 1. The topological polar surface area (TPSA) is 83.5 Å². The van der Waals surface area contributed by atoms with E-state index in [4.69, 9.17) is 4.55 Å². The van der Waals surface area contributed by atoms with Gasteiger partial charge in [-0.05, 0) is 18.4 Å². The van der Waals surface area contributed by atoms with Crippen LogP contribution in [0.3, 0.4) is 0 Å². The van der Waals surface area contributed by atoms with Crippen molar-refractivity contribution in [3.05, 3.63) is 12.7 Å². The molecule has 1 unspecified atom stereocenters. The summed E-state index contributed by atoms with van der Waals surface area (Å²) in [6, 6.07) is 0. The third-order valence-electron chi connectivity index (χ3n) is 3.66. The van der Waals surface area contributed by atoms with Gasteiger partial charge >= 0.3 is 0 Å². The molecule has 0 aromatic heterocycles. The molecule has 0 aliphatic rings. The second-order valence-corrected chi connectivity index (χ2v) is 7.32. The molecule has 0 saturated carbocycles. The number of hydrogen-bond acceptors (Lipinski definition) is 3. The molecule has 0 bridgehead atoms. The lowest BCUT2D eigenvalue weighted by molar-refractivity contribution is -0.116. The molecule has 0 aliphatic carbocycles. The van der Waals surface area contributed by atoms with Crippen LogP contribution in [-0.4, -0.2) is 31.2 Å². The molecule has 1 atom stereocenters. The Kier molecular flexibility index (Phi) is 12.1. The van der Waals surface area contributed by atoms with Crippen LogP contribution in [0.25, 0.3) is 0 Å². The van der Waals surface area contributed by atoms with Crippen LogP contribution in [0, 0.1) is 5.92 Å². The Morgan fingerprint density at radius 1 is 1.14 bits per heavy atom. The molecule has 130 valence electrons. The third-order valence-corrected chi connectivity index (χ3v) is 4.56. The molecule has 6 heteroatoms. The first-order valence-electron chi connectivity index (χ1n) is 8.24. The van der Waals surface area contributed by atoms with Gasteiger partial charge in [-0.1, -0.05) is 64.9 Å². The highest BCUT2D eigenvalue weighted by Gasteiger charge is 2.17. The van der Waals surface area contributed by atoms with Crippen LogP contribution in [-0.2, 0) is 14.9 Å². The molecule has 0 aromatic carbocycles. The number of unbranched alkanes of at least 4 members (excludes halogenated alkanes) is 7. The predicted octanol–water partition coefficient (Wildman–Crippen LogP) is 3.32. The van der Waals surface area contributed by atoms with Gasteiger partial charge < -0.3 is 5.32 Å². The van der Waals surface area contributed by atoms with Gasteiger partial charge in [-0.25, -0.2) is 0 Å². The van der Waals surface area contributed by atoms with E-state index in [9.17, 15) is 13.2 Å². The second-order valence-electron chi connectivity index (χ2n) is 5.83. The molecule has 0 spiro atoms. The predicted molar refractivity (Wildman–Crippen MR) is 90.3 cm³/mol. The Morgan fingerprint density at radius 3 is 2.18 bits per heavy atom. The zero-order chi connectivity index (χ0) is 16.8. The zero-order valence-corrected chi connectivity index (χ0v) is 14.5. The Morgan fingerprint density at radius 2 is 1.68 bits per heavy atom. The Bertz CT molecular complexity index is 406. The highest BCUT2D eigenvalue weighted by Crippen LogP contribution is 2.14. The zero-order valence-electron chi connectivity index (χ0n) is 13.7. The van der Waals surface area contributed by atoms with Gasteiger partial charge in [0.05, 0.1) is 5.75 Å². The van der Waals surface area contributed by atoms with Gasteiger partial charge in [0.2, 0.25) is 5.91 Å². The molecule has 0 radical (unpaired) electrons. The van der Waals surface area contributed by atoms with Gasteiger partial charge in [-0.2, -0.15) is 8.42 Å². The summed E-state index contributed by atoms with van der Waals surface area (Å²) in [5.74, 6) is -0.878. The molecule has 0 aromatic rings. The molecule has 0 heterocycles. The second kappa shape index (κ2) is 12.6. The Hall–Kier alpha value is -0.880. The number of rotatable bonds is 14. The van der Waals surface area contributed by atoms with Crippen LogP contribution in [0.2, 0.25) is 0 Å². The molecule has 1 amide bonds. The standard InChI is InChI=1S/C16H31NO4S/c1-3-5-6-7-8-9-10-11-12-15(14-22(19,20)21)13-17-16(18)4-2/h4,15H,2-3,5-14H2,1H3,(H,17,18)(H,19,20,21). The van der Waals surface area contributed by atoms with E-state index < -0.39 is 10.1 Å². The fourth-order valence-corrected chi connectivity index (χ4v) is 3.31. The average Bonchev–Trinajstić information content (AvgIpc) is 2.45. The number of nitrogens with one attached hydrogen (secondary N) is 1. The Balaban J connectivity index is 3.92. The molecule has 0 saturated heterocycles. The molecule has 0 fully saturated rings. The lowest BCUT2D eigenvalue weighted by atomic mass is 10.0. The van der Waals surface area contributed by atoms with Crippen molar-refractivity contribution < 1.29 is 17.8 Å². The van der Waals surface area contributed by atoms with Crippen LogP contribution < -0.4 is 5.32 Å². The first kappa shape index (κ1) is 21.1. The highest BCUT2D eigenvalue weighted by molar-refractivity contribution is 7.85. The van der Waals surface area contributed by atoms with Crippen LogP contribution in [0.1, 0.15) is 64.7 Å². The van der Waals surface area contributed by atoms with E-state index >= 15 is 0 Å². The van der Waals surface area contributed by atoms with Gasteiger partial charge in [-0.3, -0.25) is 9.35 Å². The summed E-state index contributed by atoms with van der Waals surface area (Å²) in [6.07, 6.45) is 11.3. The third kappa shape index (κ3) is 14.1. The number of carbonyl (C=O) groups is 1. The molecular formula is C16H31NO4S. The van der Waals surface area contributed by atoms with Crippen molar-refractivity contribution in [2.45, 2.75) is 64.7 Å². The quantitative estimate of drug-likeness (QED) is 0.290. The fourth-order valence-electron chi connectivity index (χ4n) is 2.43. The van der Waals surface area contributed by atoms with Crippen molar-refractivity contribution in [1.82, 2.24) is 5.32 Å². The van der Waals surface area contributed by atoms with E-state index in [1.54, 1.807) is 0 Å². The summed E-state index contributed by atoms with van der Waals surface area (Å²) in [4.78, 5) is 11.1. The van der Waals surface area contributed by atoms with Crippen molar-refractivity contribution in [3.63, 3.8) is 0 Å². The van der Waals surface area contributed by atoms with Crippen molar-refractivity contribution in [2.24, 2.45) is 5.92 Å². The summed E-state index contributed by atoms with van der Waals surface area (Å²) in [6.45, 7) is 5.80. The molecule has 22 heavy (non-hydrogen) atoms. The van der Waals surface area contributed by atoms with E-state index in [2.05, 4.69) is 18.8 Å². The number of hydrogen-bond donors (Lipinski definition) is 2. The van der Waals surface area contributed by atoms with E-state index in [-0.39, 0.29) is 24.1 Å². The minimum Gasteiger partial charge on any atom is -0.352 e.